The second kappa shape index (κ2) is 7.08. The summed E-state index contributed by atoms with van der Waals surface area (Å²) in [6, 6.07) is 7.16. The Morgan fingerprint density at radius 3 is 2.52 bits per heavy atom. The highest BCUT2D eigenvalue weighted by molar-refractivity contribution is 5.78. The summed E-state index contributed by atoms with van der Waals surface area (Å²) in [6.07, 6.45) is 2.12. The van der Waals surface area contributed by atoms with E-state index in [9.17, 15) is 4.79 Å². The van der Waals surface area contributed by atoms with Crippen molar-refractivity contribution in [2.75, 3.05) is 13.1 Å². The molecule has 0 radical (unpaired) electrons. The molecule has 2 rings (SSSR count). The molecule has 0 spiro atoms. The average molecular weight is 288 g/mol. The monoisotopic (exact) mass is 288 g/mol. The molecule has 1 saturated heterocycles. The van der Waals surface area contributed by atoms with Crippen LogP contribution in [0.5, 0.6) is 0 Å². The Morgan fingerprint density at radius 2 is 1.95 bits per heavy atom. The number of amides is 1. The second-order valence-corrected chi connectivity index (χ2v) is 6.57. The molecule has 1 aliphatic rings. The minimum absolute atomic E-state index is 0.115. The van der Waals surface area contributed by atoms with Crippen molar-refractivity contribution in [2.24, 2.45) is 5.92 Å². The van der Waals surface area contributed by atoms with Crippen molar-refractivity contribution >= 4 is 5.91 Å². The summed E-state index contributed by atoms with van der Waals surface area (Å²) in [5.74, 6) is 0.410. The highest BCUT2D eigenvalue weighted by Crippen LogP contribution is 2.15. The smallest absolute Gasteiger partial charge is 0.225 e. The number of hydrogen-bond donors (Lipinski definition) is 1. The molecule has 116 valence electrons. The third kappa shape index (κ3) is 4.31. The normalized spacial score (nSPS) is 16.5. The Morgan fingerprint density at radius 1 is 1.29 bits per heavy atom. The van der Waals surface area contributed by atoms with Gasteiger partial charge in [0.25, 0.3) is 0 Å². The van der Waals surface area contributed by atoms with Crippen molar-refractivity contribution in [3.8, 4) is 0 Å². The van der Waals surface area contributed by atoms with Crippen LogP contribution in [-0.2, 0) is 11.3 Å². The van der Waals surface area contributed by atoms with E-state index in [2.05, 4.69) is 37.4 Å². The quantitative estimate of drug-likeness (QED) is 0.923. The number of hydrogen-bond acceptors (Lipinski definition) is 2. The van der Waals surface area contributed by atoms with Gasteiger partial charge in [0.2, 0.25) is 5.91 Å². The van der Waals surface area contributed by atoms with E-state index in [1.54, 1.807) is 0 Å². The molecule has 0 aromatic heterocycles. The van der Waals surface area contributed by atoms with Crippen LogP contribution in [0.25, 0.3) is 0 Å². The van der Waals surface area contributed by atoms with Gasteiger partial charge in [0, 0.05) is 31.6 Å². The Kier molecular flexibility index (Phi) is 5.40. The van der Waals surface area contributed by atoms with Gasteiger partial charge in [-0.25, -0.2) is 0 Å². The molecular formula is C18H28N2O. The van der Waals surface area contributed by atoms with Crippen LogP contribution < -0.4 is 5.32 Å². The summed E-state index contributed by atoms with van der Waals surface area (Å²) >= 11 is 0. The van der Waals surface area contributed by atoms with Gasteiger partial charge in [-0.3, -0.25) is 4.79 Å². The van der Waals surface area contributed by atoms with Crippen molar-refractivity contribution in [1.82, 2.24) is 10.2 Å². The minimum atomic E-state index is 0.115. The van der Waals surface area contributed by atoms with Gasteiger partial charge in [0.15, 0.2) is 0 Å². The topological polar surface area (TPSA) is 32.3 Å². The predicted octanol–water partition coefficient (Wildman–Crippen LogP) is 3.04. The molecule has 0 bridgehead atoms. The van der Waals surface area contributed by atoms with Gasteiger partial charge in [0.1, 0.15) is 0 Å². The lowest BCUT2D eigenvalue weighted by Gasteiger charge is -2.33. The zero-order valence-corrected chi connectivity index (χ0v) is 13.8. The molecule has 1 fully saturated rings. The van der Waals surface area contributed by atoms with E-state index in [4.69, 9.17) is 0 Å². The maximum Gasteiger partial charge on any atom is 0.225 e. The third-order valence-electron chi connectivity index (χ3n) is 4.38. The highest BCUT2D eigenvalue weighted by Gasteiger charge is 2.23. The Balaban J connectivity index is 1.80. The van der Waals surface area contributed by atoms with Crippen molar-refractivity contribution in [2.45, 2.75) is 53.1 Å². The Labute approximate surface area is 128 Å². The van der Waals surface area contributed by atoms with Crippen LogP contribution in [0.4, 0.5) is 0 Å². The Bertz CT molecular complexity index is 488. The number of nitrogens with one attached hydrogen (secondary N) is 1. The molecule has 0 atom stereocenters. The van der Waals surface area contributed by atoms with E-state index in [0.29, 0.717) is 11.9 Å². The van der Waals surface area contributed by atoms with Crippen LogP contribution >= 0.6 is 0 Å². The molecule has 0 saturated carbocycles. The standard InChI is InChI=1S/C18H28N2O/c1-13(2)18(21)20-9-7-17(8-10-20)19-12-16-6-5-14(3)11-15(16)4/h5-6,11,13,17,19H,7-10,12H2,1-4H3. The number of nitrogens with zero attached hydrogens (tertiary/aromatic N) is 1. The zero-order chi connectivity index (χ0) is 15.4. The SMILES string of the molecule is Cc1ccc(CNC2CCN(C(=O)C(C)C)CC2)c(C)c1. The summed E-state index contributed by atoms with van der Waals surface area (Å²) < 4.78 is 0. The largest absolute Gasteiger partial charge is 0.342 e. The van der Waals surface area contributed by atoms with Crippen LogP contribution in [0.1, 0.15) is 43.4 Å². The fourth-order valence-electron chi connectivity index (χ4n) is 2.97. The molecule has 3 heteroatoms. The lowest BCUT2D eigenvalue weighted by atomic mass is 10.0. The summed E-state index contributed by atoms with van der Waals surface area (Å²) in [5, 5.41) is 3.65. The molecule has 1 N–H and O–H groups in total. The van der Waals surface area contributed by atoms with E-state index in [-0.39, 0.29) is 5.92 Å². The Hall–Kier alpha value is -1.35. The first-order chi connectivity index (χ1) is 9.97. The van der Waals surface area contributed by atoms with E-state index in [0.717, 1.165) is 32.5 Å². The first-order valence-corrected chi connectivity index (χ1v) is 8.05. The predicted molar refractivity (Wildman–Crippen MR) is 87.2 cm³/mol. The van der Waals surface area contributed by atoms with Crippen molar-refractivity contribution < 1.29 is 4.79 Å². The number of piperidine rings is 1. The van der Waals surface area contributed by atoms with Gasteiger partial charge < -0.3 is 10.2 Å². The van der Waals surface area contributed by atoms with Crippen molar-refractivity contribution in [3.05, 3.63) is 34.9 Å². The molecule has 1 aromatic carbocycles. The number of aryl methyl sites for hydroxylation is 2. The van der Waals surface area contributed by atoms with Gasteiger partial charge in [-0.05, 0) is 37.8 Å². The molecule has 1 aromatic rings. The fraction of sp³-hybridized carbons (Fsp3) is 0.611. The number of carbonyl (C=O) groups is 1. The number of rotatable bonds is 4. The first-order valence-electron chi connectivity index (χ1n) is 8.05. The van der Waals surface area contributed by atoms with Crippen LogP contribution in [0.3, 0.4) is 0 Å². The van der Waals surface area contributed by atoms with Gasteiger partial charge in [-0.15, -0.1) is 0 Å². The zero-order valence-electron chi connectivity index (χ0n) is 13.8. The maximum absolute atomic E-state index is 12.0. The van der Waals surface area contributed by atoms with E-state index < -0.39 is 0 Å². The summed E-state index contributed by atoms with van der Waals surface area (Å²) in [7, 11) is 0. The summed E-state index contributed by atoms with van der Waals surface area (Å²) in [5.41, 5.74) is 4.05. The van der Waals surface area contributed by atoms with Gasteiger partial charge in [0.05, 0.1) is 0 Å². The second-order valence-electron chi connectivity index (χ2n) is 6.57. The molecular weight excluding hydrogens is 260 g/mol. The number of carbonyl (C=O) groups excluding carboxylic acids is 1. The number of likely N-dealkylation sites (tertiary alicyclic amines) is 1. The van der Waals surface area contributed by atoms with Crippen LogP contribution in [0.2, 0.25) is 0 Å². The average Bonchev–Trinajstić information content (AvgIpc) is 2.46. The molecule has 1 aliphatic heterocycles. The lowest BCUT2D eigenvalue weighted by molar-refractivity contribution is -0.135. The molecule has 0 unspecified atom stereocenters. The van der Waals surface area contributed by atoms with Gasteiger partial charge >= 0.3 is 0 Å². The molecule has 21 heavy (non-hydrogen) atoms. The molecule has 3 nitrogen and oxygen atoms in total. The minimum Gasteiger partial charge on any atom is -0.342 e. The van der Waals surface area contributed by atoms with Crippen LogP contribution in [-0.4, -0.2) is 29.9 Å². The van der Waals surface area contributed by atoms with Crippen LogP contribution in [0.15, 0.2) is 18.2 Å². The van der Waals surface area contributed by atoms with E-state index in [1.807, 2.05) is 18.7 Å². The van der Waals surface area contributed by atoms with E-state index in [1.165, 1.54) is 16.7 Å². The molecule has 0 aliphatic carbocycles. The fourth-order valence-corrected chi connectivity index (χ4v) is 2.97. The summed E-state index contributed by atoms with van der Waals surface area (Å²) in [4.78, 5) is 14.0. The third-order valence-corrected chi connectivity index (χ3v) is 4.38. The van der Waals surface area contributed by atoms with E-state index >= 15 is 0 Å². The van der Waals surface area contributed by atoms with Gasteiger partial charge in [-0.2, -0.15) is 0 Å². The van der Waals surface area contributed by atoms with Crippen molar-refractivity contribution in [1.29, 1.82) is 0 Å². The van der Waals surface area contributed by atoms with Crippen LogP contribution in [0, 0.1) is 19.8 Å². The maximum atomic E-state index is 12.0. The molecule has 1 amide bonds. The van der Waals surface area contributed by atoms with Gasteiger partial charge in [-0.1, -0.05) is 37.6 Å². The highest BCUT2D eigenvalue weighted by atomic mass is 16.2. The number of benzene rings is 1. The summed E-state index contributed by atoms with van der Waals surface area (Å²) in [6.45, 7) is 11.0. The lowest BCUT2D eigenvalue weighted by Crippen LogP contribution is -2.46. The molecule has 1 heterocycles. The van der Waals surface area contributed by atoms with Crippen molar-refractivity contribution in [3.63, 3.8) is 0 Å². The first kappa shape index (κ1) is 16.0.